The van der Waals surface area contributed by atoms with E-state index in [0.717, 1.165) is 47.5 Å². The van der Waals surface area contributed by atoms with Crippen LogP contribution >= 0.6 is 11.3 Å². The SMILES string of the molecule is Cc1ccccc1-n1nc(C(=O)Nc2ccccc2OCc2cscn2)c2c1CCC2. The minimum atomic E-state index is -0.213. The second-order valence-corrected chi connectivity index (χ2v) is 8.26. The molecule has 0 bridgehead atoms. The quantitative estimate of drug-likeness (QED) is 0.470. The number of nitrogens with zero attached hydrogens (tertiary/aromatic N) is 3. The number of aromatic nitrogens is 3. The van der Waals surface area contributed by atoms with Gasteiger partial charge in [-0.2, -0.15) is 5.10 Å². The average molecular weight is 431 g/mol. The third-order valence-corrected chi connectivity index (χ3v) is 6.12. The molecule has 0 atom stereocenters. The van der Waals surface area contributed by atoms with Crippen LogP contribution < -0.4 is 10.1 Å². The Bertz CT molecular complexity index is 1230. The van der Waals surface area contributed by atoms with Gasteiger partial charge in [-0.15, -0.1) is 11.3 Å². The molecule has 4 aromatic rings. The molecule has 0 aliphatic heterocycles. The monoisotopic (exact) mass is 430 g/mol. The number of ether oxygens (including phenoxy) is 1. The largest absolute Gasteiger partial charge is 0.485 e. The Morgan fingerprint density at radius 2 is 2.00 bits per heavy atom. The molecule has 6 nitrogen and oxygen atoms in total. The first-order chi connectivity index (χ1) is 15.2. The molecule has 7 heteroatoms. The van der Waals surface area contributed by atoms with Crippen molar-refractivity contribution in [2.24, 2.45) is 0 Å². The summed E-state index contributed by atoms with van der Waals surface area (Å²) in [7, 11) is 0. The number of thiazole rings is 1. The predicted octanol–water partition coefficient (Wildman–Crippen LogP) is 4.96. The number of benzene rings is 2. The summed E-state index contributed by atoms with van der Waals surface area (Å²) in [5.41, 5.74) is 8.08. The lowest BCUT2D eigenvalue weighted by molar-refractivity contribution is 0.102. The molecule has 1 N–H and O–H groups in total. The second kappa shape index (κ2) is 8.35. The molecule has 1 amide bonds. The van der Waals surface area contributed by atoms with Gasteiger partial charge in [0, 0.05) is 16.6 Å². The van der Waals surface area contributed by atoms with Gasteiger partial charge in [-0.1, -0.05) is 30.3 Å². The van der Waals surface area contributed by atoms with Crippen LogP contribution in [-0.4, -0.2) is 20.7 Å². The van der Waals surface area contributed by atoms with Crippen molar-refractivity contribution in [1.82, 2.24) is 14.8 Å². The predicted molar refractivity (Wildman–Crippen MR) is 121 cm³/mol. The van der Waals surface area contributed by atoms with Gasteiger partial charge in [0.2, 0.25) is 0 Å². The summed E-state index contributed by atoms with van der Waals surface area (Å²) in [6, 6.07) is 15.6. The first-order valence-corrected chi connectivity index (χ1v) is 11.2. The van der Waals surface area contributed by atoms with E-state index in [0.29, 0.717) is 23.7 Å². The number of carbonyl (C=O) groups excluding carboxylic acids is 1. The third-order valence-electron chi connectivity index (χ3n) is 5.48. The average Bonchev–Trinajstić information content (AvgIpc) is 3.52. The van der Waals surface area contributed by atoms with E-state index in [1.807, 2.05) is 52.5 Å². The molecule has 156 valence electrons. The number of hydrogen-bond donors (Lipinski definition) is 1. The lowest BCUT2D eigenvalue weighted by atomic mass is 10.1. The van der Waals surface area contributed by atoms with Crippen LogP contribution in [0.4, 0.5) is 5.69 Å². The van der Waals surface area contributed by atoms with E-state index in [2.05, 4.69) is 23.3 Å². The third kappa shape index (κ3) is 3.84. The summed E-state index contributed by atoms with van der Waals surface area (Å²) in [6.07, 6.45) is 2.83. The maximum Gasteiger partial charge on any atom is 0.276 e. The molecule has 0 spiro atoms. The van der Waals surface area contributed by atoms with Crippen molar-refractivity contribution in [2.45, 2.75) is 32.8 Å². The van der Waals surface area contributed by atoms with Crippen molar-refractivity contribution in [3.63, 3.8) is 0 Å². The van der Waals surface area contributed by atoms with E-state index in [1.54, 1.807) is 5.51 Å². The van der Waals surface area contributed by atoms with E-state index < -0.39 is 0 Å². The Hall–Kier alpha value is -3.45. The molecule has 0 saturated heterocycles. The summed E-state index contributed by atoms with van der Waals surface area (Å²) in [4.78, 5) is 17.5. The fourth-order valence-electron chi connectivity index (χ4n) is 3.96. The molecule has 1 aliphatic carbocycles. The number of nitrogens with one attached hydrogen (secondary N) is 1. The van der Waals surface area contributed by atoms with Gasteiger partial charge >= 0.3 is 0 Å². The summed E-state index contributed by atoms with van der Waals surface area (Å²) >= 11 is 1.53. The van der Waals surface area contributed by atoms with Crippen molar-refractivity contribution in [3.8, 4) is 11.4 Å². The van der Waals surface area contributed by atoms with Gasteiger partial charge in [0.15, 0.2) is 5.69 Å². The Morgan fingerprint density at radius 3 is 2.84 bits per heavy atom. The summed E-state index contributed by atoms with van der Waals surface area (Å²) in [5, 5.41) is 9.69. The number of carbonyl (C=O) groups is 1. The van der Waals surface area contributed by atoms with Crippen LogP contribution in [0.25, 0.3) is 5.69 Å². The van der Waals surface area contributed by atoms with Crippen LogP contribution in [0.5, 0.6) is 5.75 Å². The summed E-state index contributed by atoms with van der Waals surface area (Å²) < 4.78 is 7.85. The zero-order valence-corrected chi connectivity index (χ0v) is 18.0. The van der Waals surface area contributed by atoms with Gasteiger partial charge in [0.25, 0.3) is 5.91 Å². The normalized spacial score (nSPS) is 12.5. The number of para-hydroxylation sites is 3. The molecule has 2 heterocycles. The van der Waals surface area contributed by atoms with Gasteiger partial charge in [-0.3, -0.25) is 4.79 Å². The van der Waals surface area contributed by atoms with Crippen molar-refractivity contribution < 1.29 is 9.53 Å². The Balaban J connectivity index is 1.42. The fourth-order valence-corrected chi connectivity index (χ4v) is 4.50. The molecule has 0 fully saturated rings. The minimum Gasteiger partial charge on any atom is -0.485 e. The van der Waals surface area contributed by atoms with Crippen LogP contribution in [0.1, 0.15) is 39.4 Å². The number of fused-ring (bicyclic) bond motifs is 1. The highest BCUT2D eigenvalue weighted by Gasteiger charge is 2.27. The van der Waals surface area contributed by atoms with Crippen LogP contribution in [0.3, 0.4) is 0 Å². The number of anilines is 1. The highest BCUT2D eigenvalue weighted by molar-refractivity contribution is 7.07. The molecular weight excluding hydrogens is 408 g/mol. The topological polar surface area (TPSA) is 69.0 Å². The molecule has 1 aliphatic rings. The summed E-state index contributed by atoms with van der Waals surface area (Å²) in [5.74, 6) is 0.397. The highest BCUT2D eigenvalue weighted by Crippen LogP contribution is 2.30. The Labute approximate surface area is 184 Å². The van der Waals surface area contributed by atoms with Crippen molar-refractivity contribution >= 4 is 22.9 Å². The fraction of sp³-hybridized carbons (Fsp3) is 0.208. The number of hydrogen-bond acceptors (Lipinski definition) is 5. The first kappa shape index (κ1) is 19.5. The Kier molecular flexibility index (Phi) is 5.26. The van der Waals surface area contributed by atoms with Crippen LogP contribution in [0.2, 0.25) is 0 Å². The minimum absolute atomic E-state index is 0.213. The number of rotatable bonds is 6. The lowest BCUT2D eigenvalue weighted by Gasteiger charge is -2.11. The van der Waals surface area contributed by atoms with E-state index in [9.17, 15) is 4.79 Å². The van der Waals surface area contributed by atoms with Crippen molar-refractivity contribution in [3.05, 3.63) is 87.6 Å². The zero-order valence-electron chi connectivity index (χ0n) is 17.2. The zero-order chi connectivity index (χ0) is 21.2. The molecule has 5 rings (SSSR count). The Morgan fingerprint density at radius 1 is 1.16 bits per heavy atom. The molecule has 0 unspecified atom stereocenters. The van der Waals surface area contributed by atoms with E-state index in [1.165, 1.54) is 11.3 Å². The van der Waals surface area contributed by atoms with E-state index >= 15 is 0 Å². The van der Waals surface area contributed by atoms with Crippen LogP contribution in [0.15, 0.2) is 59.4 Å². The second-order valence-electron chi connectivity index (χ2n) is 7.54. The van der Waals surface area contributed by atoms with Crippen LogP contribution in [-0.2, 0) is 19.4 Å². The lowest BCUT2D eigenvalue weighted by Crippen LogP contribution is -2.16. The van der Waals surface area contributed by atoms with Gasteiger partial charge in [0.1, 0.15) is 12.4 Å². The van der Waals surface area contributed by atoms with Crippen molar-refractivity contribution in [2.75, 3.05) is 5.32 Å². The molecule has 2 aromatic heterocycles. The van der Waals surface area contributed by atoms with Crippen molar-refractivity contribution in [1.29, 1.82) is 0 Å². The molecule has 0 saturated carbocycles. The van der Waals surface area contributed by atoms with Gasteiger partial charge in [0.05, 0.1) is 22.6 Å². The molecular formula is C24H22N4O2S. The number of aryl methyl sites for hydroxylation is 1. The molecule has 31 heavy (non-hydrogen) atoms. The molecule has 2 aromatic carbocycles. The van der Waals surface area contributed by atoms with E-state index in [4.69, 9.17) is 9.84 Å². The number of amides is 1. The molecule has 0 radical (unpaired) electrons. The van der Waals surface area contributed by atoms with Gasteiger partial charge in [-0.05, 0) is 49.9 Å². The van der Waals surface area contributed by atoms with Crippen LogP contribution in [0, 0.1) is 6.92 Å². The first-order valence-electron chi connectivity index (χ1n) is 10.3. The summed E-state index contributed by atoms with van der Waals surface area (Å²) in [6.45, 7) is 2.42. The maximum atomic E-state index is 13.2. The smallest absolute Gasteiger partial charge is 0.276 e. The van der Waals surface area contributed by atoms with Gasteiger partial charge in [-0.25, -0.2) is 9.67 Å². The van der Waals surface area contributed by atoms with E-state index in [-0.39, 0.29) is 5.91 Å². The van der Waals surface area contributed by atoms with Gasteiger partial charge < -0.3 is 10.1 Å². The highest BCUT2D eigenvalue weighted by atomic mass is 32.1. The maximum absolute atomic E-state index is 13.2. The standard InChI is InChI=1S/C24H22N4O2S/c1-16-7-2-4-10-20(16)28-21-11-6-8-18(21)23(27-28)24(29)26-19-9-3-5-12-22(19)30-13-17-14-31-15-25-17/h2-5,7,9-10,12,14-15H,6,8,11,13H2,1H3,(H,26,29).